The summed E-state index contributed by atoms with van der Waals surface area (Å²) in [4.78, 5) is 26.9. The summed E-state index contributed by atoms with van der Waals surface area (Å²) in [7, 11) is 1.59. The summed E-state index contributed by atoms with van der Waals surface area (Å²) >= 11 is 0. The molecule has 1 N–H and O–H groups in total. The topological polar surface area (TPSA) is 67.9 Å². The molecule has 0 aliphatic carbocycles. The summed E-state index contributed by atoms with van der Waals surface area (Å²) in [6.07, 6.45) is 0. The number of likely N-dealkylation sites (N-methyl/N-ethyl adjacent to an activating group) is 1. The summed E-state index contributed by atoms with van der Waals surface area (Å²) in [5.74, 6) is 0.875. The number of benzene rings is 2. The van der Waals surface area contributed by atoms with Crippen LogP contribution < -0.4 is 14.8 Å². The zero-order valence-corrected chi connectivity index (χ0v) is 17.8. The summed E-state index contributed by atoms with van der Waals surface area (Å²) in [6.45, 7) is 8.23. The minimum Gasteiger partial charge on any atom is -0.497 e. The number of carbonyl (C=O) groups excluding carboxylic acids is 2. The van der Waals surface area contributed by atoms with Gasteiger partial charge < -0.3 is 19.7 Å². The molecule has 0 heterocycles. The van der Waals surface area contributed by atoms with Crippen LogP contribution in [-0.2, 0) is 16.1 Å². The molecule has 2 rings (SSSR count). The number of hydrogen-bond acceptors (Lipinski definition) is 4. The average molecular weight is 399 g/mol. The van der Waals surface area contributed by atoms with Crippen molar-refractivity contribution in [2.24, 2.45) is 0 Å². The predicted molar refractivity (Wildman–Crippen MR) is 113 cm³/mol. The minimum atomic E-state index is -0.628. The number of carbonyl (C=O) groups is 2. The van der Waals surface area contributed by atoms with Crippen LogP contribution in [0.15, 0.2) is 42.5 Å². The highest BCUT2D eigenvalue weighted by Crippen LogP contribution is 2.18. The lowest BCUT2D eigenvalue weighted by Gasteiger charge is -2.28. The number of aryl methyl sites for hydroxylation is 2. The first kappa shape index (κ1) is 22.3. The van der Waals surface area contributed by atoms with Crippen LogP contribution >= 0.6 is 0 Å². The maximum absolute atomic E-state index is 13.0. The first-order valence-electron chi connectivity index (χ1n) is 9.75. The first-order chi connectivity index (χ1) is 13.8. The van der Waals surface area contributed by atoms with E-state index < -0.39 is 6.04 Å². The van der Waals surface area contributed by atoms with E-state index in [1.807, 2.05) is 63.2 Å². The number of methoxy groups -OCH3 is 1. The van der Waals surface area contributed by atoms with Gasteiger partial charge in [-0.25, -0.2) is 0 Å². The molecule has 0 aliphatic rings. The molecule has 6 nitrogen and oxygen atoms in total. The van der Waals surface area contributed by atoms with E-state index >= 15 is 0 Å². The number of amides is 2. The van der Waals surface area contributed by atoms with Crippen molar-refractivity contribution >= 4 is 11.8 Å². The zero-order chi connectivity index (χ0) is 21.4. The lowest BCUT2D eigenvalue weighted by atomic mass is 10.1. The largest absolute Gasteiger partial charge is 0.497 e. The third kappa shape index (κ3) is 6.24. The van der Waals surface area contributed by atoms with Crippen LogP contribution in [-0.4, -0.2) is 43.0 Å². The van der Waals surface area contributed by atoms with Gasteiger partial charge in [0.1, 0.15) is 17.5 Å². The molecule has 6 heteroatoms. The predicted octanol–water partition coefficient (Wildman–Crippen LogP) is 3.24. The van der Waals surface area contributed by atoms with E-state index in [9.17, 15) is 9.59 Å². The van der Waals surface area contributed by atoms with Gasteiger partial charge >= 0.3 is 0 Å². The van der Waals surface area contributed by atoms with Crippen LogP contribution in [0.2, 0.25) is 0 Å². The Hall–Kier alpha value is -3.02. The molecule has 2 amide bonds. The normalized spacial score (nSPS) is 11.5. The highest BCUT2D eigenvalue weighted by molar-refractivity contribution is 5.87. The van der Waals surface area contributed by atoms with Crippen LogP contribution in [0.3, 0.4) is 0 Å². The number of hydrogen-bond donors (Lipinski definition) is 1. The lowest BCUT2D eigenvalue weighted by molar-refractivity contribution is -0.142. The SMILES string of the molecule is CCNC(=O)[C@@H](C)N(Cc1cccc(OC)c1)C(=O)COc1ccc(C)c(C)c1. The fraction of sp³-hybridized carbons (Fsp3) is 0.391. The van der Waals surface area contributed by atoms with Crippen LogP contribution in [0, 0.1) is 13.8 Å². The number of ether oxygens (including phenoxy) is 2. The molecule has 0 unspecified atom stereocenters. The van der Waals surface area contributed by atoms with Crippen LogP contribution in [0.5, 0.6) is 11.5 Å². The van der Waals surface area contributed by atoms with Gasteiger partial charge in [0.05, 0.1) is 7.11 Å². The van der Waals surface area contributed by atoms with E-state index in [4.69, 9.17) is 9.47 Å². The van der Waals surface area contributed by atoms with Gasteiger partial charge in [-0.3, -0.25) is 9.59 Å². The molecular weight excluding hydrogens is 368 g/mol. The average Bonchev–Trinajstić information content (AvgIpc) is 2.72. The molecule has 0 aromatic heterocycles. The number of nitrogens with zero attached hydrogens (tertiary/aromatic N) is 1. The number of nitrogens with one attached hydrogen (secondary N) is 1. The van der Waals surface area contributed by atoms with E-state index in [-0.39, 0.29) is 25.0 Å². The van der Waals surface area contributed by atoms with E-state index in [1.165, 1.54) is 4.90 Å². The fourth-order valence-electron chi connectivity index (χ4n) is 2.90. The van der Waals surface area contributed by atoms with Crippen molar-refractivity contribution in [3.8, 4) is 11.5 Å². The second-order valence-corrected chi connectivity index (χ2v) is 6.98. The molecule has 0 spiro atoms. The quantitative estimate of drug-likeness (QED) is 0.704. The Morgan fingerprint density at radius 2 is 1.83 bits per heavy atom. The third-order valence-corrected chi connectivity index (χ3v) is 4.85. The van der Waals surface area contributed by atoms with Crippen molar-refractivity contribution in [2.45, 2.75) is 40.3 Å². The van der Waals surface area contributed by atoms with Gasteiger partial charge in [-0.15, -0.1) is 0 Å². The van der Waals surface area contributed by atoms with Gasteiger partial charge in [-0.2, -0.15) is 0 Å². The molecule has 0 bridgehead atoms. The van der Waals surface area contributed by atoms with Crippen molar-refractivity contribution < 1.29 is 19.1 Å². The Morgan fingerprint density at radius 1 is 1.07 bits per heavy atom. The second kappa shape index (κ2) is 10.5. The van der Waals surface area contributed by atoms with E-state index in [0.717, 1.165) is 16.7 Å². The third-order valence-electron chi connectivity index (χ3n) is 4.85. The highest BCUT2D eigenvalue weighted by atomic mass is 16.5. The standard InChI is InChI=1S/C23H30N2O4/c1-6-24-23(27)18(4)25(14-19-8-7-9-20(13-19)28-5)22(26)15-29-21-11-10-16(2)17(3)12-21/h7-13,18H,6,14-15H2,1-5H3,(H,24,27)/t18-/m1/s1. The Bertz CT molecular complexity index is 851. The highest BCUT2D eigenvalue weighted by Gasteiger charge is 2.26. The molecule has 156 valence electrons. The van der Waals surface area contributed by atoms with Crippen molar-refractivity contribution in [3.63, 3.8) is 0 Å². The summed E-state index contributed by atoms with van der Waals surface area (Å²) in [5.41, 5.74) is 3.13. The number of rotatable bonds is 9. The molecule has 0 saturated heterocycles. The molecular formula is C23H30N2O4. The van der Waals surface area contributed by atoms with Gasteiger partial charge in [0.15, 0.2) is 6.61 Å². The van der Waals surface area contributed by atoms with E-state index in [1.54, 1.807) is 14.0 Å². The lowest BCUT2D eigenvalue weighted by Crippen LogP contribution is -2.49. The molecule has 0 aliphatic heterocycles. The van der Waals surface area contributed by atoms with Gasteiger partial charge in [0, 0.05) is 13.1 Å². The molecule has 2 aromatic carbocycles. The minimum absolute atomic E-state index is 0.143. The smallest absolute Gasteiger partial charge is 0.261 e. The second-order valence-electron chi connectivity index (χ2n) is 6.98. The Labute approximate surface area is 172 Å². The molecule has 0 radical (unpaired) electrons. The van der Waals surface area contributed by atoms with Crippen molar-refractivity contribution in [1.29, 1.82) is 0 Å². The van der Waals surface area contributed by atoms with E-state index in [2.05, 4.69) is 5.32 Å². The Kier molecular flexibility index (Phi) is 8.07. The van der Waals surface area contributed by atoms with Crippen LogP contribution in [0.25, 0.3) is 0 Å². The summed E-state index contributed by atoms with van der Waals surface area (Å²) < 4.78 is 11.0. The molecule has 2 aromatic rings. The monoisotopic (exact) mass is 398 g/mol. The van der Waals surface area contributed by atoms with Crippen LogP contribution in [0.4, 0.5) is 0 Å². The zero-order valence-electron chi connectivity index (χ0n) is 17.8. The maximum Gasteiger partial charge on any atom is 0.261 e. The molecule has 29 heavy (non-hydrogen) atoms. The van der Waals surface area contributed by atoms with Crippen LogP contribution in [0.1, 0.15) is 30.5 Å². The van der Waals surface area contributed by atoms with Gasteiger partial charge in [0.25, 0.3) is 5.91 Å². The maximum atomic E-state index is 13.0. The molecule has 0 saturated carbocycles. The summed E-state index contributed by atoms with van der Waals surface area (Å²) in [6, 6.07) is 12.5. The molecule has 1 atom stereocenters. The van der Waals surface area contributed by atoms with Crippen molar-refractivity contribution in [3.05, 3.63) is 59.2 Å². The van der Waals surface area contributed by atoms with E-state index in [0.29, 0.717) is 18.0 Å². The van der Waals surface area contributed by atoms with Gasteiger partial charge in [0.2, 0.25) is 5.91 Å². The molecule has 0 fully saturated rings. The van der Waals surface area contributed by atoms with Gasteiger partial charge in [-0.1, -0.05) is 18.2 Å². The Morgan fingerprint density at radius 3 is 2.48 bits per heavy atom. The van der Waals surface area contributed by atoms with Crippen molar-refractivity contribution in [2.75, 3.05) is 20.3 Å². The van der Waals surface area contributed by atoms with Gasteiger partial charge in [-0.05, 0) is 68.7 Å². The Balaban J connectivity index is 2.16. The summed E-state index contributed by atoms with van der Waals surface area (Å²) in [5, 5.41) is 2.78. The van der Waals surface area contributed by atoms with Crippen molar-refractivity contribution in [1.82, 2.24) is 10.2 Å². The fourth-order valence-corrected chi connectivity index (χ4v) is 2.90. The first-order valence-corrected chi connectivity index (χ1v) is 9.75.